The quantitative estimate of drug-likeness (QED) is 0.152. The fourth-order valence-corrected chi connectivity index (χ4v) is 10.2. The topological polar surface area (TPSA) is 4.93 Å². The van der Waals surface area contributed by atoms with Crippen LogP contribution in [0.5, 0.6) is 0 Å². The molecule has 12 rings (SSSR count). The summed E-state index contributed by atoms with van der Waals surface area (Å²) in [6, 6.07) is 89.2. The van der Waals surface area contributed by atoms with Gasteiger partial charge >= 0.3 is 0 Å². The number of fused-ring (bicyclic) bond motifs is 6. The highest BCUT2D eigenvalue weighted by molar-refractivity contribution is 6.10. The van der Waals surface area contributed by atoms with Crippen LogP contribution >= 0.6 is 0 Å². The zero-order valence-corrected chi connectivity index (χ0v) is 34.1. The molecule has 290 valence electrons. The van der Waals surface area contributed by atoms with E-state index in [0.29, 0.717) is 0 Å². The van der Waals surface area contributed by atoms with E-state index in [9.17, 15) is 0 Å². The minimum atomic E-state index is 0.187. The molecule has 0 saturated heterocycles. The van der Waals surface area contributed by atoms with Crippen LogP contribution in [0.25, 0.3) is 94.3 Å². The smallest absolute Gasteiger partial charge is 0.0541 e. The summed E-state index contributed by atoms with van der Waals surface area (Å²) in [5, 5.41) is 2.52. The van der Waals surface area contributed by atoms with Gasteiger partial charge in [0, 0.05) is 22.4 Å². The van der Waals surface area contributed by atoms with Gasteiger partial charge in [-0.2, -0.15) is 0 Å². The Morgan fingerprint density at radius 3 is 1.26 bits per heavy atom. The second-order valence-electron chi connectivity index (χ2n) is 16.3. The summed E-state index contributed by atoms with van der Waals surface area (Å²) in [7, 11) is 0. The second kappa shape index (κ2) is 14.9. The summed E-state index contributed by atoms with van der Waals surface area (Å²) < 4.78 is 2.46. The molecule has 0 amide bonds. The highest BCUT2D eigenvalue weighted by Crippen LogP contribution is 2.50. The third-order valence-electron chi connectivity index (χ3n) is 12.9. The van der Waals surface area contributed by atoms with Crippen LogP contribution in [0.2, 0.25) is 0 Å². The van der Waals surface area contributed by atoms with Gasteiger partial charge in [0.2, 0.25) is 0 Å². The van der Waals surface area contributed by atoms with E-state index in [0.717, 1.165) is 5.69 Å². The van der Waals surface area contributed by atoms with Gasteiger partial charge in [-0.1, -0.05) is 212 Å². The van der Waals surface area contributed by atoms with Crippen LogP contribution in [0.1, 0.15) is 22.6 Å². The van der Waals surface area contributed by atoms with Gasteiger partial charge in [-0.05, 0) is 114 Å². The monoisotopic (exact) mass is 787 g/mol. The summed E-state index contributed by atoms with van der Waals surface area (Å²) in [4.78, 5) is 0. The lowest BCUT2D eigenvalue weighted by molar-refractivity contribution is 1.02. The minimum absolute atomic E-state index is 0.187. The van der Waals surface area contributed by atoms with E-state index in [2.05, 4.69) is 247 Å². The molecule has 1 heteroatoms. The fraction of sp³-hybridized carbons (Fsp3) is 0.0164. The minimum Gasteiger partial charge on any atom is -0.309 e. The summed E-state index contributed by atoms with van der Waals surface area (Å²) in [5.74, 6) is 0.187. The van der Waals surface area contributed by atoms with Crippen molar-refractivity contribution in [3.63, 3.8) is 0 Å². The van der Waals surface area contributed by atoms with E-state index < -0.39 is 0 Å². The van der Waals surface area contributed by atoms with Crippen LogP contribution in [-0.2, 0) is 0 Å². The average Bonchev–Trinajstić information content (AvgIpc) is 3.87. The molecular formula is C61H41N. The Hall–Kier alpha value is -8.00. The number of aromatic nitrogens is 1. The van der Waals surface area contributed by atoms with Crippen molar-refractivity contribution in [2.24, 2.45) is 0 Å². The molecule has 11 aromatic rings. The van der Waals surface area contributed by atoms with Gasteiger partial charge in [0.1, 0.15) is 0 Å². The molecule has 1 nitrogen and oxygen atoms in total. The van der Waals surface area contributed by atoms with Crippen molar-refractivity contribution >= 4 is 21.8 Å². The number of hydrogen-bond donors (Lipinski definition) is 0. The molecule has 62 heavy (non-hydrogen) atoms. The molecule has 0 aliphatic heterocycles. The van der Waals surface area contributed by atoms with Crippen LogP contribution in [-0.4, -0.2) is 4.57 Å². The predicted octanol–water partition coefficient (Wildman–Crippen LogP) is 16.3. The second-order valence-corrected chi connectivity index (χ2v) is 16.3. The van der Waals surface area contributed by atoms with Gasteiger partial charge in [-0.25, -0.2) is 0 Å². The third kappa shape index (κ3) is 5.85. The number of rotatable bonds is 7. The highest BCUT2D eigenvalue weighted by Gasteiger charge is 2.30. The Morgan fingerprint density at radius 1 is 0.274 bits per heavy atom. The first-order valence-electron chi connectivity index (χ1n) is 21.5. The van der Waals surface area contributed by atoms with Crippen LogP contribution in [0, 0.1) is 0 Å². The van der Waals surface area contributed by atoms with Crippen molar-refractivity contribution in [3.05, 3.63) is 259 Å². The van der Waals surface area contributed by atoms with Crippen molar-refractivity contribution in [1.82, 2.24) is 4.57 Å². The van der Waals surface area contributed by atoms with Gasteiger partial charge in [0.05, 0.1) is 11.0 Å². The summed E-state index contributed by atoms with van der Waals surface area (Å²) >= 11 is 0. The maximum atomic E-state index is 2.46. The van der Waals surface area contributed by atoms with Gasteiger partial charge in [0.25, 0.3) is 0 Å². The zero-order valence-electron chi connectivity index (χ0n) is 34.1. The lowest BCUT2D eigenvalue weighted by atomic mass is 9.81. The summed E-state index contributed by atoms with van der Waals surface area (Å²) in [6.07, 6.45) is 0. The maximum absolute atomic E-state index is 2.46. The molecule has 0 atom stereocenters. The Labute approximate surface area is 362 Å². The summed E-state index contributed by atoms with van der Waals surface area (Å²) in [5.41, 5.74) is 22.3. The number of benzene rings is 10. The molecule has 0 spiro atoms. The highest BCUT2D eigenvalue weighted by atomic mass is 15.0. The van der Waals surface area contributed by atoms with E-state index in [1.165, 1.54) is 105 Å². The molecule has 0 bridgehead atoms. The number of hydrogen-bond acceptors (Lipinski definition) is 0. The lowest BCUT2D eigenvalue weighted by Crippen LogP contribution is -2.00. The normalized spacial score (nSPS) is 12.1. The molecule has 0 radical (unpaired) electrons. The van der Waals surface area contributed by atoms with E-state index in [-0.39, 0.29) is 5.92 Å². The standard InChI is InChI=1S/C61H41N/c1-4-19-41(20-5-1)47-32-17-33-48(42-21-6-2-7-22-42)60(47)61-49(43-23-8-3-9-24-43)34-18-35-50(61)44-25-16-26-46(39-44)62-57-36-15-14-29-53(57)56-40-45(37-38-58(56)62)59-54-30-12-10-27-51(54)52-28-11-13-31-55(52)59/h1-40,59H. The SMILES string of the molecule is c1ccc(-c2cccc(-c3ccccc3)c2-c2c(-c3ccccc3)cccc2-c2cccc(-n3c4ccccc4c4cc(C5c6ccccc6-c6ccccc65)ccc43)c2)cc1. The first-order chi connectivity index (χ1) is 30.8. The lowest BCUT2D eigenvalue weighted by Gasteiger charge is -2.23. The molecule has 0 N–H and O–H groups in total. The van der Waals surface area contributed by atoms with Crippen molar-refractivity contribution in [1.29, 1.82) is 0 Å². The Bertz CT molecular complexity index is 3350. The van der Waals surface area contributed by atoms with Crippen molar-refractivity contribution in [2.75, 3.05) is 0 Å². The van der Waals surface area contributed by atoms with E-state index in [1.54, 1.807) is 0 Å². The molecule has 1 aliphatic carbocycles. The van der Waals surface area contributed by atoms with Crippen molar-refractivity contribution in [2.45, 2.75) is 5.92 Å². The van der Waals surface area contributed by atoms with Crippen LogP contribution in [0.4, 0.5) is 0 Å². The Kier molecular flexibility index (Phi) is 8.64. The molecule has 1 aliphatic rings. The molecular weight excluding hydrogens is 747 g/mol. The van der Waals surface area contributed by atoms with E-state index in [4.69, 9.17) is 0 Å². The fourth-order valence-electron chi connectivity index (χ4n) is 10.2. The molecule has 0 unspecified atom stereocenters. The average molecular weight is 788 g/mol. The largest absolute Gasteiger partial charge is 0.309 e. The van der Waals surface area contributed by atoms with Crippen molar-refractivity contribution in [3.8, 4) is 72.4 Å². The Balaban J connectivity index is 1.08. The van der Waals surface area contributed by atoms with Gasteiger partial charge in [-0.3, -0.25) is 0 Å². The van der Waals surface area contributed by atoms with Crippen molar-refractivity contribution < 1.29 is 0 Å². The van der Waals surface area contributed by atoms with Gasteiger partial charge in [0.15, 0.2) is 0 Å². The molecule has 0 saturated carbocycles. The van der Waals surface area contributed by atoms with Gasteiger partial charge < -0.3 is 4.57 Å². The zero-order chi connectivity index (χ0) is 41.0. The van der Waals surface area contributed by atoms with E-state index in [1.807, 2.05) is 0 Å². The van der Waals surface area contributed by atoms with Crippen LogP contribution in [0.3, 0.4) is 0 Å². The third-order valence-corrected chi connectivity index (χ3v) is 12.9. The first kappa shape index (κ1) is 35.9. The van der Waals surface area contributed by atoms with Gasteiger partial charge in [-0.15, -0.1) is 0 Å². The molecule has 1 aromatic heterocycles. The molecule has 0 fully saturated rings. The number of para-hydroxylation sites is 1. The Morgan fingerprint density at radius 2 is 0.694 bits per heavy atom. The summed E-state index contributed by atoms with van der Waals surface area (Å²) in [6.45, 7) is 0. The van der Waals surface area contributed by atoms with Crippen LogP contribution < -0.4 is 0 Å². The number of nitrogens with zero attached hydrogens (tertiary/aromatic N) is 1. The van der Waals surface area contributed by atoms with Crippen LogP contribution in [0.15, 0.2) is 243 Å². The van der Waals surface area contributed by atoms with E-state index >= 15 is 0 Å². The first-order valence-corrected chi connectivity index (χ1v) is 21.5. The maximum Gasteiger partial charge on any atom is 0.0541 e. The molecule has 1 heterocycles. The molecule has 10 aromatic carbocycles. The predicted molar refractivity (Wildman–Crippen MR) is 261 cm³/mol.